The van der Waals surface area contributed by atoms with Gasteiger partial charge in [-0.05, 0) is 64.2 Å². The molecule has 0 radical (unpaired) electrons. The zero-order chi connectivity index (χ0) is 46.2. The van der Waals surface area contributed by atoms with Gasteiger partial charge in [-0.25, -0.2) is 4.57 Å². The fourth-order valence-corrected chi connectivity index (χ4v) is 7.59. The number of quaternary nitrogens is 1. The van der Waals surface area contributed by atoms with E-state index in [0.717, 1.165) is 64.2 Å². The lowest BCUT2D eigenvalue weighted by atomic mass is 10.0. The summed E-state index contributed by atoms with van der Waals surface area (Å²) >= 11 is 0. The van der Waals surface area contributed by atoms with Gasteiger partial charge in [-0.2, -0.15) is 0 Å². The van der Waals surface area contributed by atoms with Crippen molar-refractivity contribution < 1.29 is 37.3 Å². The monoisotopic (exact) mass is 905 g/mol. The van der Waals surface area contributed by atoms with Crippen LogP contribution in [0.25, 0.3) is 0 Å². The quantitative estimate of drug-likeness (QED) is 0.0214. The van der Waals surface area contributed by atoms with Crippen LogP contribution in [0.1, 0.15) is 206 Å². The minimum absolute atomic E-state index is 0.0778. The van der Waals surface area contributed by atoms with Crippen molar-refractivity contribution in [2.45, 2.75) is 213 Å². The molecule has 0 aromatic rings. The number of carbonyl (C=O) groups excluding carboxylic acids is 1. The Hall–Kier alpha value is -2.06. The second kappa shape index (κ2) is 46.5. The molecule has 8 nitrogen and oxygen atoms in total. The molecule has 0 amide bonds. The van der Waals surface area contributed by atoms with E-state index in [1.165, 1.54) is 116 Å². The van der Waals surface area contributed by atoms with Crippen LogP contribution in [-0.4, -0.2) is 75.6 Å². The molecule has 9 heteroatoms. The third kappa shape index (κ3) is 50.8. The normalized spacial score (nSPS) is 14.2. The summed E-state index contributed by atoms with van der Waals surface area (Å²) in [6, 6.07) is 0. The predicted molar refractivity (Wildman–Crippen MR) is 270 cm³/mol. The Morgan fingerprint density at radius 3 is 1.35 bits per heavy atom. The van der Waals surface area contributed by atoms with Crippen LogP contribution >= 0.6 is 7.82 Å². The van der Waals surface area contributed by atoms with E-state index in [1.54, 1.807) is 0 Å². The van der Waals surface area contributed by atoms with Gasteiger partial charge in [-0.15, -0.1) is 0 Å². The molecule has 0 aliphatic heterocycles. The van der Waals surface area contributed by atoms with Crippen molar-refractivity contribution in [1.29, 1.82) is 0 Å². The number of phosphoric ester groups is 1. The van der Waals surface area contributed by atoms with Crippen molar-refractivity contribution in [3.05, 3.63) is 72.9 Å². The van der Waals surface area contributed by atoms with E-state index in [1.807, 2.05) is 21.1 Å². The number of nitrogens with zero attached hydrogens (tertiary/aromatic N) is 1. The fourth-order valence-electron chi connectivity index (χ4n) is 6.85. The van der Waals surface area contributed by atoms with Crippen LogP contribution in [0.5, 0.6) is 0 Å². The Morgan fingerprint density at radius 2 is 0.921 bits per heavy atom. The average Bonchev–Trinajstić information content (AvgIpc) is 3.24. The van der Waals surface area contributed by atoms with Gasteiger partial charge in [0.25, 0.3) is 0 Å². The number of ether oxygens (including phenoxy) is 2. The number of unbranched alkanes of at least 4 members (excludes halogenated alkanes) is 21. The molecule has 0 spiro atoms. The summed E-state index contributed by atoms with van der Waals surface area (Å²) in [5, 5.41) is 0. The minimum atomic E-state index is -4.30. The summed E-state index contributed by atoms with van der Waals surface area (Å²) in [6.45, 7) is 5.47. The number of rotatable bonds is 47. The van der Waals surface area contributed by atoms with E-state index in [2.05, 4.69) is 86.8 Å². The van der Waals surface area contributed by atoms with Gasteiger partial charge >= 0.3 is 13.8 Å². The van der Waals surface area contributed by atoms with Crippen LogP contribution in [0.4, 0.5) is 0 Å². The Labute approximate surface area is 389 Å². The molecule has 0 bridgehead atoms. The molecule has 0 aliphatic carbocycles. The lowest BCUT2D eigenvalue weighted by Gasteiger charge is -2.24. The highest BCUT2D eigenvalue weighted by atomic mass is 31.2. The molecular weight excluding hydrogens is 806 g/mol. The lowest BCUT2D eigenvalue weighted by molar-refractivity contribution is -0.870. The molecule has 0 aliphatic rings. The van der Waals surface area contributed by atoms with Gasteiger partial charge in [0.1, 0.15) is 19.3 Å². The Morgan fingerprint density at radius 1 is 0.508 bits per heavy atom. The molecule has 0 heterocycles. The summed E-state index contributed by atoms with van der Waals surface area (Å²) in [5.41, 5.74) is 0. The molecule has 63 heavy (non-hydrogen) atoms. The summed E-state index contributed by atoms with van der Waals surface area (Å²) in [6.07, 6.45) is 61.0. The first-order valence-electron chi connectivity index (χ1n) is 25.7. The fraction of sp³-hybridized carbons (Fsp3) is 0.759. The summed E-state index contributed by atoms with van der Waals surface area (Å²) in [7, 11) is 1.64. The molecule has 366 valence electrons. The van der Waals surface area contributed by atoms with Crippen LogP contribution in [0.15, 0.2) is 72.9 Å². The first-order chi connectivity index (χ1) is 30.6. The SMILES string of the molecule is CC/C=C\C/C=C\C/C=C\C/C=C\C/C=C\C/C=C\CCCCC(=O)OC(COCCCCCCCCCCCCCCCCCCCCCC)COP(=O)(O)OCC[N+](C)(C)C. The molecule has 0 saturated heterocycles. The standard InChI is InChI=1S/C54H98NO7P/c1-6-8-10-12-14-16-18-20-22-24-26-28-29-31-33-35-37-39-41-43-45-47-54(56)62-53(52-61-63(57,58)60-50-48-55(3,4)5)51-59-49-46-44-42-40-38-36-34-32-30-27-25-23-21-19-17-15-13-11-9-7-2/h8,10,14,16,20,22,26,28,31,33,37,39,53H,6-7,9,11-13,15,17-19,21,23-25,27,29-30,32,34-36,38,40-52H2,1-5H3/p+1/b10-8-,16-14-,22-20-,28-26-,33-31-,39-37-. The van der Waals surface area contributed by atoms with Gasteiger partial charge in [0.2, 0.25) is 0 Å². The summed E-state index contributed by atoms with van der Waals surface area (Å²) < 4.78 is 35.1. The van der Waals surface area contributed by atoms with E-state index >= 15 is 0 Å². The van der Waals surface area contributed by atoms with Gasteiger partial charge in [-0.1, -0.05) is 209 Å². The molecule has 2 unspecified atom stereocenters. The van der Waals surface area contributed by atoms with E-state index in [0.29, 0.717) is 24.1 Å². The number of phosphoric acid groups is 1. The first kappa shape index (κ1) is 60.9. The second-order valence-corrected chi connectivity index (χ2v) is 19.6. The highest BCUT2D eigenvalue weighted by molar-refractivity contribution is 7.47. The maximum atomic E-state index is 12.7. The van der Waals surface area contributed by atoms with Crippen LogP contribution < -0.4 is 0 Å². The third-order valence-corrected chi connectivity index (χ3v) is 11.8. The molecule has 0 saturated carbocycles. The number of esters is 1. The van der Waals surface area contributed by atoms with Gasteiger partial charge in [0, 0.05) is 13.0 Å². The van der Waals surface area contributed by atoms with E-state index in [-0.39, 0.29) is 32.2 Å². The smallest absolute Gasteiger partial charge is 0.457 e. The van der Waals surface area contributed by atoms with E-state index in [4.69, 9.17) is 18.5 Å². The topological polar surface area (TPSA) is 91.3 Å². The van der Waals surface area contributed by atoms with Gasteiger partial charge in [0.05, 0.1) is 34.4 Å². The highest BCUT2D eigenvalue weighted by Crippen LogP contribution is 2.43. The van der Waals surface area contributed by atoms with Crippen LogP contribution in [-0.2, 0) is 27.9 Å². The molecule has 0 aromatic heterocycles. The summed E-state index contributed by atoms with van der Waals surface area (Å²) in [5.74, 6) is -0.354. The average molecular weight is 905 g/mol. The third-order valence-electron chi connectivity index (χ3n) is 10.8. The number of hydrogen-bond donors (Lipinski definition) is 1. The van der Waals surface area contributed by atoms with Crippen LogP contribution in [0, 0.1) is 0 Å². The van der Waals surface area contributed by atoms with Crippen molar-refractivity contribution in [1.82, 2.24) is 0 Å². The minimum Gasteiger partial charge on any atom is -0.457 e. The van der Waals surface area contributed by atoms with Crippen LogP contribution in [0.3, 0.4) is 0 Å². The molecular formula is C54H99NO7P+. The zero-order valence-corrected chi connectivity index (χ0v) is 42.4. The second-order valence-electron chi connectivity index (χ2n) is 18.2. The number of hydrogen-bond acceptors (Lipinski definition) is 6. The maximum absolute atomic E-state index is 12.7. The number of likely N-dealkylation sites (N-methyl/N-ethyl adjacent to an activating group) is 1. The number of carbonyl (C=O) groups is 1. The predicted octanol–water partition coefficient (Wildman–Crippen LogP) is 15.8. The molecule has 0 rings (SSSR count). The van der Waals surface area contributed by atoms with Gasteiger partial charge < -0.3 is 18.9 Å². The summed E-state index contributed by atoms with van der Waals surface area (Å²) in [4.78, 5) is 23.0. The first-order valence-corrected chi connectivity index (χ1v) is 27.2. The van der Waals surface area contributed by atoms with Crippen molar-refractivity contribution in [2.24, 2.45) is 0 Å². The Bertz CT molecular complexity index is 1230. The van der Waals surface area contributed by atoms with Crippen molar-refractivity contribution in [3.63, 3.8) is 0 Å². The van der Waals surface area contributed by atoms with Gasteiger partial charge in [-0.3, -0.25) is 13.8 Å². The molecule has 0 aromatic carbocycles. The van der Waals surface area contributed by atoms with Crippen molar-refractivity contribution in [2.75, 3.05) is 54.1 Å². The van der Waals surface area contributed by atoms with E-state index < -0.39 is 13.9 Å². The molecule has 0 fully saturated rings. The van der Waals surface area contributed by atoms with Crippen LogP contribution in [0.2, 0.25) is 0 Å². The van der Waals surface area contributed by atoms with Crippen molar-refractivity contribution in [3.8, 4) is 0 Å². The molecule has 1 N–H and O–H groups in total. The van der Waals surface area contributed by atoms with E-state index in [9.17, 15) is 14.3 Å². The van der Waals surface area contributed by atoms with Gasteiger partial charge in [0.15, 0.2) is 0 Å². The zero-order valence-electron chi connectivity index (χ0n) is 41.5. The van der Waals surface area contributed by atoms with Crippen molar-refractivity contribution >= 4 is 13.8 Å². The molecule has 2 atom stereocenters. The Balaban J connectivity index is 4.23. The maximum Gasteiger partial charge on any atom is 0.472 e. The highest BCUT2D eigenvalue weighted by Gasteiger charge is 2.26. The number of allylic oxidation sites excluding steroid dienone is 12. The largest absolute Gasteiger partial charge is 0.472 e. The lowest BCUT2D eigenvalue weighted by Crippen LogP contribution is -2.37. The Kier molecular flexibility index (Phi) is 44.9.